The molecule has 0 spiro atoms. The number of H-pyrrole nitrogens is 1. The lowest BCUT2D eigenvalue weighted by Gasteiger charge is -2.02. The number of carbonyl (C=O) groups excluding carboxylic acids is 1. The van der Waals surface area contributed by atoms with Gasteiger partial charge < -0.3 is 10.3 Å². The highest BCUT2D eigenvalue weighted by molar-refractivity contribution is 6.06. The van der Waals surface area contributed by atoms with Crippen LogP contribution in [0.2, 0.25) is 0 Å². The molecule has 7 heteroatoms. The second-order valence-electron chi connectivity index (χ2n) is 4.96. The van der Waals surface area contributed by atoms with Gasteiger partial charge in [-0.2, -0.15) is 5.10 Å². The molecule has 0 atom stereocenters. The number of benzene rings is 1. The van der Waals surface area contributed by atoms with Gasteiger partial charge in [-0.05, 0) is 30.3 Å². The fraction of sp³-hybridized carbons (Fsp3) is 0. The third-order valence-corrected chi connectivity index (χ3v) is 3.41. The smallest absolute Gasteiger partial charge is 0.255 e. The number of fused-ring (bicyclic) bond motifs is 1. The molecule has 0 aliphatic heterocycles. The molecule has 0 saturated heterocycles. The van der Waals surface area contributed by atoms with Gasteiger partial charge >= 0.3 is 0 Å². The molecule has 1 aromatic carbocycles. The number of anilines is 1. The predicted octanol–water partition coefficient (Wildman–Crippen LogP) is 2.40. The summed E-state index contributed by atoms with van der Waals surface area (Å²) in [7, 11) is 0. The maximum atomic E-state index is 12.3. The van der Waals surface area contributed by atoms with E-state index in [1.165, 1.54) is 4.68 Å². The van der Waals surface area contributed by atoms with Crippen LogP contribution in [0.25, 0.3) is 16.9 Å². The Kier molecular flexibility index (Phi) is 3.09. The summed E-state index contributed by atoms with van der Waals surface area (Å²) in [6.07, 6.45) is 8.34. The Morgan fingerprint density at radius 2 is 2.04 bits per heavy atom. The van der Waals surface area contributed by atoms with Crippen molar-refractivity contribution < 1.29 is 4.79 Å². The van der Waals surface area contributed by atoms with Crippen LogP contribution in [0.3, 0.4) is 0 Å². The minimum absolute atomic E-state index is 0.193. The van der Waals surface area contributed by atoms with Gasteiger partial charge in [-0.15, -0.1) is 0 Å². The molecule has 4 rings (SSSR count). The Morgan fingerprint density at radius 1 is 1.17 bits per heavy atom. The van der Waals surface area contributed by atoms with Gasteiger partial charge in [0.1, 0.15) is 0 Å². The van der Waals surface area contributed by atoms with Crippen LogP contribution in [-0.2, 0) is 0 Å². The van der Waals surface area contributed by atoms with E-state index in [9.17, 15) is 4.79 Å². The van der Waals surface area contributed by atoms with Crippen molar-refractivity contribution in [2.75, 3.05) is 5.32 Å². The fourth-order valence-electron chi connectivity index (χ4n) is 2.30. The number of nitrogens with one attached hydrogen (secondary N) is 2. The first-order chi connectivity index (χ1) is 11.3. The van der Waals surface area contributed by atoms with Gasteiger partial charge in [0.25, 0.3) is 5.91 Å². The molecule has 23 heavy (non-hydrogen) atoms. The number of carbonyl (C=O) groups is 1. The first-order valence-corrected chi connectivity index (χ1v) is 7.00. The van der Waals surface area contributed by atoms with Gasteiger partial charge in [-0.1, -0.05) is 0 Å². The van der Waals surface area contributed by atoms with Gasteiger partial charge in [0.15, 0.2) is 0 Å². The zero-order valence-corrected chi connectivity index (χ0v) is 12.0. The Balaban J connectivity index is 1.55. The van der Waals surface area contributed by atoms with Gasteiger partial charge in [0.2, 0.25) is 5.95 Å². The lowest BCUT2D eigenvalue weighted by molar-refractivity contribution is 0.102. The van der Waals surface area contributed by atoms with E-state index in [1.54, 1.807) is 36.9 Å². The topological polar surface area (TPSA) is 88.5 Å². The molecular formula is C16H12N6O. The highest BCUT2D eigenvalue weighted by Crippen LogP contribution is 2.16. The highest BCUT2D eigenvalue weighted by Gasteiger charge is 2.09. The summed E-state index contributed by atoms with van der Waals surface area (Å²) in [5.74, 6) is 0.253. The molecule has 7 nitrogen and oxygen atoms in total. The van der Waals surface area contributed by atoms with Crippen molar-refractivity contribution in [1.82, 2.24) is 24.7 Å². The van der Waals surface area contributed by atoms with E-state index >= 15 is 0 Å². The lowest BCUT2D eigenvalue weighted by Crippen LogP contribution is -2.11. The summed E-state index contributed by atoms with van der Waals surface area (Å²) in [5.41, 5.74) is 2.16. The maximum absolute atomic E-state index is 12.3. The van der Waals surface area contributed by atoms with Crippen molar-refractivity contribution in [3.05, 3.63) is 66.9 Å². The number of aromatic amines is 1. The molecule has 3 heterocycles. The normalized spacial score (nSPS) is 10.8. The molecule has 0 aliphatic rings. The van der Waals surface area contributed by atoms with E-state index in [0.717, 1.165) is 10.9 Å². The standard InChI is InChI=1S/C16H12N6O/c23-15(12-2-3-14-11(8-12)4-7-17-14)21-13-9-20-22(10-13)16-18-5-1-6-19-16/h1-10,17H,(H,21,23). The van der Waals surface area contributed by atoms with Crippen molar-refractivity contribution in [3.63, 3.8) is 0 Å². The molecule has 3 aromatic heterocycles. The molecule has 2 N–H and O–H groups in total. The monoisotopic (exact) mass is 304 g/mol. The maximum Gasteiger partial charge on any atom is 0.255 e. The summed E-state index contributed by atoms with van der Waals surface area (Å²) in [6, 6.07) is 9.15. The van der Waals surface area contributed by atoms with E-state index in [4.69, 9.17) is 0 Å². The van der Waals surface area contributed by atoms with Crippen LogP contribution in [0.4, 0.5) is 5.69 Å². The minimum atomic E-state index is -0.193. The summed E-state index contributed by atoms with van der Waals surface area (Å²) in [4.78, 5) is 23.6. The molecule has 0 fully saturated rings. The summed E-state index contributed by atoms with van der Waals surface area (Å²) < 4.78 is 1.50. The second-order valence-corrected chi connectivity index (χ2v) is 4.96. The minimum Gasteiger partial charge on any atom is -0.361 e. The zero-order chi connectivity index (χ0) is 15.6. The zero-order valence-electron chi connectivity index (χ0n) is 12.0. The van der Waals surface area contributed by atoms with E-state index in [1.807, 2.05) is 24.4 Å². The average molecular weight is 304 g/mol. The van der Waals surface area contributed by atoms with Gasteiger partial charge in [-0.25, -0.2) is 14.6 Å². The molecular weight excluding hydrogens is 292 g/mol. The second kappa shape index (κ2) is 5.38. The van der Waals surface area contributed by atoms with Crippen molar-refractivity contribution in [3.8, 4) is 5.95 Å². The van der Waals surface area contributed by atoms with E-state index < -0.39 is 0 Å². The van der Waals surface area contributed by atoms with Crippen LogP contribution < -0.4 is 5.32 Å². The Bertz CT molecular complexity index is 972. The number of hydrogen-bond donors (Lipinski definition) is 2. The van der Waals surface area contributed by atoms with Crippen molar-refractivity contribution in [2.45, 2.75) is 0 Å². The lowest BCUT2D eigenvalue weighted by atomic mass is 10.1. The van der Waals surface area contributed by atoms with E-state index in [0.29, 0.717) is 17.2 Å². The van der Waals surface area contributed by atoms with Gasteiger partial charge in [0, 0.05) is 35.1 Å². The molecule has 0 radical (unpaired) electrons. The highest BCUT2D eigenvalue weighted by atomic mass is 16.1. The first kappa shape index (κ1) is 13.2. The summed E-state index contributed by atoms with van der Waals surface area (Å²) in [6.45, 7) is 0. The molecule has 0 unspecified atom stereocenters. The quantitative estimate of drug-likeness (QED) is 0.608. The van der Waals surface area contributed by atoms with Crippen LogP contribution in [0, 0.1) is 0 Å². The molecule has 112 valence electrons. The van der Waals surface area contributed by atoms with Crippen LogP contribution >= 0.6 is 0 Å². The largest absolute Gasteiger partial charge is 0.361 e. The number of hydrogen-bond acceptors (Lipinski definition) is 4. The SMILES string of the molecule is O=C(Nc1cnn(-c2ncccn2)c1)c1ccc2[nH]ccc2c1. The Labute approximate surface area is 131 Å². The molecule has 4 aromatic rings. The molecule has 0 saturated carbocycles. The summed E-state index contributed by atoms with van der Waals surface area (Å²) in [5, 5.41) is 7.96. The van der Waals surface area contributed by atoms with Gasteiger partial charge in [-0.3, -0.25) is 4.79 Å². The molecule has 0 aliphatic carbocycles. The van der Waals surface area contributed by atoms with E-state index in [-0.39, 0.29) is 5.91 Å². The van der Waals surface area contributed by atoms with Crippen LogP contribution in [-0.4, -0.2) is 30.6 Å². The number of aromatic nitrogens is 5. The first-order valence-electron chi connectivity index (χ1n) is 7.00. The van der Waals surface area contributed by atoms with E-state index in [2.05, 4.69) is 25.4 Å². The Morgan fingerprint density at radius 3 is 2.91 bits per heavy atom. The van der Waals surface area contributed by atoms with Crippen molar-refractivity contribution >= 4 is 22.5 Å². The predicted molar refractivity (Wildman–Crippen MR) is 85.4 cm³/mol. The van der Waals surface area contributed by atoms with Gasteiger partial charge in [0.05, 0.1) is 18.1 Å². The van der Waals surface area contributed by atoms with Crippen LogP contribution in [0.1, 0.15) is 10.4 Å². The third kappa shape index (κ3) is 2.55. The Hall–Kier alpha value is -3.48. The number of nitrogens with zero attached hydrogens (tertiary/aromatic N) is 4. The number of rotatable bonds is 3. The van der Waals surface area contributed by atoms with Crippen molar-refractivity contribution in [1.29, 1.82) is 0 Å². The molecule has 0 bridgehead atoms. The average Bonchev–Trinajstić information content (AvgIpc) is 3.24. The fourth-order valence-corrected chi connectivity index (χ4v) is 2.30. The third-order valence-electron chi connectivity index (χ3n) is 3.41. The van der Waals surface area contributed by atoms with Crippen LogP contribution in [0.15, 0.2) is 61.3 Å². The van der Waals surface area contributed by atoms with Crippen LogP contribution in [0.5, 0.6) is 0 Å². The summed E-state index contributed by atoms with van der Waals surface area (Å²) >= 11 is 0. The number of amides is 1. The van der Waals surface area contributed by atoms with Crippen molar-refractivity contribution in [2.24, 2.45) is 0 Å². The molecule has 1 amide bonds.